The number of imide groups is 1. The van der Waals surface area contributed by atoms with Crippen molar-refractivity contribution in [2.24, 2.45) is 0 Å². The van der Waals surface area contributed by atoms with Gasteiger partial charge in [0.15, 0.2) is 5.78 Å². The molecule has 0 fully saturated rings. The Balaban J connectivity index is 5.38. The quantitative estimate of drug-likeness (QED) is 0.0307. The SMILES string of the molecule is CCCCCCCC/C=C\CCCCCCCC(=O)C(CN(C(=O)CCCCCCC/C=C/CCCCCCCC)C(=O)CCCCCCC/C=C/CCCCCCCC)OP(=O)(O)OC[C@H](O)CO. The van der Waals surface area contributed by atoms with Gasteiger partial charge in [-0.2, -0.15) is 0 Å². The van der Waals surface area contributed by atoms with Crippen LogP contribution >= 0.6 is 7.82 Å². The molecule has 2 amide bonds. The van der Waals surface area contributed by atoms with Crippen LogP contribution in [0.3, 0.4) is 0 Å². The van der Waals surface area contributed by atoms with Crippen LogP contribution in [0.5, 0.6) is 0 Å². The van der Waals surface area contributed by atoms with Crippen molar-refractivity contribution in [3.05, 3.63) is 36.5 Å². The third-order valence-corrected chi connectivity index (χ3v) is 14.2. The summed E-state index contributed by atoms with van der Waals surface area (Å²) in [6.07, 6.45) is 54.6. The normalized spacial score (nSPS) is 13.7. The number of ketones is 1. The lowest BCUT2D eigenvalue weighted by Gasteiger charge is -2.27. The van der Waals surface area contributed by atoms with E-state index in [1.807, 2.05) is 0 Å². The Kier molecular flexibility index (Phi) is 50.5. The van der Waals surface area contributed by atoms with Crippen LogP contribution < -0.4 is 0 Å². The third-order valence-electron chi connectivity index (χ3n) is 13.2. The number of amides is 2. The van der Waals surface area contributed by atoms with Gasteiger partial charge in [0, 0.05) is 19.3 Å². The Morgan fingerprint density at radius 2 is 0.743 bits per heavy atom. The number of Topliss-reactive ketones (excluding diaryl/α,β-unsaturated/α-hetero) is 1. The second-order valence-electron chi connectivity index (χ2n) is 20.1. The maximum Gasteiger partial charge on any atom is 0.473 e. The minimum Gasteiger partial charge on any atom is -0.394 e. The lowest BCUT2D eigenvalue weighted by Crippen LogP contribution is -2.45. The first kappa shape index (κ1) is 68.1. The predicted octanol–water partition coefficient (Wildman–Crippen LogP) is 16.9. The molecule has 0 aliphatic rings. The molecule has 3 N–H and O–H groups in total. The molecule has 0 rings (SSSR count). The van der Waals surface area contributed by atoms with E-state index in [2.05, 4.69) is 57.2 Å². The average molecular weight is 1010 g/mol. The standard InChI is InChI=1S/C59H110NO9P/c1-4-7-10-13-16-19-22-25-28-31-34-37-40-43-46-49-56(63)57(69-70(66,67)68-54-55(62)53-61)52-60(58(64)50-47-44-41-38-35-32-29-26-23-20-17-14-11-8-5-2)59(65)51-48-45-42-39-36-33-30-27-24-21-18-15-12-9-6-3/h25-30,55,57,61-62H,4-24,31-54H2,1-3H3,(H,66,67)/b28-25-,29-26+,30-27+/t55-,57?/m1/s1. The minimum absolute atomic E-state index is 0.0563. The molecule has 0 aliphatic carbocycles. The highest BCUT2D eigenvalue weighted by Crippen LogP contribution is 2.45. The summed E-state index contributed by atoms with van der Waals surface area (Å²) in [5.41, 5.74) is 0. The third kappa shape index (κ3) is 45.9. The number of allylic oxidation sites excluding steroid dienone is 6. The number of nitrogens with zero attached hydrogens (tertiary/aromatic N) is 1. The highest BCUT2D eigenvalue weighted by Gasteiger charge is 2.35. The van der Waals surface area contributed by atoms with Gasteiger partial charge in [0.2, 0.25) is 11.8 Å². The molecule has 11 heteroatoms. The topological polar surface area (TPSA) is 151 Å². The molecule has 0 aromatic carbocycles. The van der Waals surface area contributed by atoms with Crippen molar-refractivity contribution in [2.45, 2.75) is 303 Å². The first-order valence-electron chi connectivity index (χ1n) is 29.4. The lowest BCUT2D eigenvalue weighted by atomic mass is 10.0. The van der Waals surface area contributed by atoms with Crippen LogP contribution in [0.4, 0.5) is 0 Å². The Morgan fingerprint density at radius 3 is 1.06 bits per heavy atom. The molecule has 0 aromatic rings. The number of phosphoric ester groups is 1. The van der Waals surface area contributed by atoms with Crippen molar-refractivity contribution >= 4 is 25.4 Å². The van der Waals surface area contributed by atoms with Crippen LogP contribution in [-0.2, 0) is 28.0 Å². The molecule has 10 nitrogen and oxygen atoms in total. The summed E-state index contributed by atoms with van der Waals surface area (Å²) < 4.78 is 23.5. The van der Waals surface area contributed by atoms with E-state index in [-0.39, 0.29) is 19.3 Å². The summed E-state index contributed by atoms with van der Waals surface area (Å²) in [5, 5.41) is 19.0. The first-order chi connectivity index (χ1) is 34.1. The van der Waals surface area contributed by atoms with Crippen LogP contribution in [0.2, 0.25) is 0 Å². The van der Waals surface area contributed by atoms with Crippen molar-refractivity contribution in [1.29, 1.82) is 0 Å². The molecular formula is C59H110NO9P. The largest absolute Gasteiger partial charge is 0.473 e. The number of aliphatic hydroxyl groups excluding tert-OH is 2. The Hall–Kier alpha value is -1.94. The van der Waals surface area contributed by atoms with E-state index in [0.29, 0.717) is 19.3 Å². The Morgan fingerprint density at radius 1 is 0.457 bits per heavy atom. The van der Waals surface area contributed by atoms with Crippen molar-refractivity contribution < 1.29 is 43.1 Å². The molecule has 3 atom stereocenters. The Bertz CT molecular complexity index is 1280. The van der Waals surface area contributed by atoms with E-state index >= 15 is 0 Å². The number of hydrogen-bond acceptors (Lipinski definition) is 8. The number of hydrogen-bond donors (Lipinski definition) is 3. The highest BCUT2D eigenvalue weighted by atomic mass is 31.2. The molecule has 0 radical (unpaired) electrons. The Labute approximate surface area is 430 Å². The highest BCUT2D eigenvalue weighted by molar-refractivity contribution is 7.47. The zero-order valence-electron chi connectivity index (χ0n) is 45.6. The summed E-state index contributed by atoms with van der Waals surface area (Å²) in [5.74, 6) is -1.31. The smallest absolute Gasteiger partial charge is 0.394 e. The van der Waals surface area contributed by atoms with Gasteiger partial charge in [-0.3, -0.25) is 28.3 Å². The van der Waals surface area contributed by atoms with Crippen LogP contribution in [0, 0.1) is 0 Å². The molecule has 0 spiro atoms. The number of rotatable bonds is 54. The van der Waals surface area contributed by atoms with Crippen LogP contribution in [0.1, 0.15) is 290 Å². The van der Waals surface area contributed by atoms with Gasteiger partial charge < -0.3 is 15.1 Å². The van der Waals surface area contributed by atoms with Gasteiger partial charge in [-0.15, -0.1) is 0 Å². The summed E-state index contributed by atoms with van der Waals surface area (Å²) in [4.78, 5) is 53.2. The van der Waals surface area contributed by atoms with Gasteiger partial charge in [-0.25, -0.2) is 4.57 Å². The summed E-state index contributed by atoms with van der Waals surface area (Å²) in [6.45, 7) is 4.87. The minimum atomic E-state index is -4.93. The van der Waals surface area contributed by atoms with E-state index in [4.69, 9.17) is 9.05 Å². The molecule has 70 heavy (non-hydrogen) atoms. The van der Waals surface area contributed by atoms with Crippen LogP contribution in [-0.4, -0.2) is 69.6 Å². The number of phosphoric acid groups is 1. The van der Waals surface area contributed by atoms with Crippen LogP contribution in [0.25, 0.3) is 0 Å². The summed E-state index contributed by atoms with van der Waals surface area (Å²) >= 11 is 0. The molecule has 2 unspecified atom stereocenters. The fourth-order valence-corrected chi connectivity index (χ4v) is 9.55. The number of aliphatic hydroxyl groups is 2. The number of carbonyl (C=O) groups is 3. The van der Waals surface area contributed by atoms with Crippen molar-refractivity contribution in [2.75, 3.05) is 19.8 Å². The van der Waals surface area contributed by atoms with E-state index in [9.17, 15) is 34.1 Å². The fraction of sp³-hybridized carbons (Fsp3) is 0.847. The van der Waals surface area contributed by atoms with Crippen molar-refractivity contribution in [3.63, 3.8) is 0 Å². The zero-order chi connectivity index (χ0) is 51.4. The van der Waals surface area contributed by atoms with Crippen molar-refractivity contribution in [3.8, 4) is 0 Å². The molecule has 0 saturated heterocycles. The maximum atomic E-state index is 13.9. The van der Waals surface area contributed by atoms with Crippen LogP contribution in [0.15, 0.2) is 36.5 Å². The maximum absolute atomic E-state index is 13.9. The molecule has 0 saturated carbocycles. The van der Waals surface area contributed by atoms with E-state index in [1.54, 1.807) is 0 Å². The van der Waals surface area contributed by atoms with Gasteiger partial charge in [0.25, 0.3) is 0 Å². The van der Waals surface area contributed by atoms with Gasteiger partial charge >= 0.3 is 7.82 Å². The summed E-state index contributed by atoms with van der Waals surface area (Å²) in [6, 6.07) is 0. The van der Waals surface area contributed by atoms with Crippen molar-refractivity contribution in [1.82, 2.24) is 4.90 Å². The zero-order valence-corrected chi connectivity index (χ0v) is 46.5. The molecule has 0 aliphatic heterocycles. The second-order valence-corrected chi connectivity index (χ2v) is 21.5. The molecule has 410 valence electrons. The van der Waals surface area contributed by atoms with E-state index < -0.39 is 57.4 Å². The average Bonchev–Trinajstić information content (AvgIpc) is 3.35. The van der Waals surface area contributed by atoms with Gasteiger partial charge in [0.05, 0.1) is 19.8 Å². The number of unbranched alkanes of at least 4 members (excludes halogenated alkanes) is 33. The number of carbonyl (C=O) groups excluding carboxylic acids is 3. The van der Waals surface area contributed by atoms with Gasteiger partial charge in [-0.1, -0.05) is 211 Å². The molecular weight excluding hydrogens is 898 g/mol. The van der Waals surface area contributed by atoms with Gasteiger partial charge in [0.1, 0.15) is 12.2 Å². The predicted molar refractivity (Wildman–Crippen MR) is 294 cm³/mol. The monoisotopic (exact) mass is 1010 g/mol. The first-order valence-corrected chi connectivity index (χ1v) is 30.9. The van der Waals surface area contributed by atoms with Gasteiger partial charge in [-0.05, 0) is 96.3 Å². The van der Waals surface area contributed by atoms with E-state index in [1.165, 1.54) is 116 Å². The molecule has 0 heterocycles. The van der Waals surface area contributed by atoms with E-state index in [0.717, 1.165) is 120 Å². The fourth-order valence-electron chi connectivity index (χ4n) is 8.62. The second kappa shape index (κ2) is 51.9. The summed E-state index contributed by atoms with van der Waals surface area (Å²) in [7, 11) is -4.93. The molecule has 0 bridgehead atoms. The molecule has 0 aromatic heterocycles. The lowest BCUT2D eigenvalue weighted by molar-refractivity contribution is -0.147.